The molecular weight excluding hydrogens is 240 g/mol. The van der Waals surface area contributed by atoms with E-state index in [4.69, 9.17) is 9.84 Å². The minimum absolute atomic E-state index is 0.176. The summed E-state index contributed by atoms with van der Waals surface area (Å²) in [5.74, 6) is -1.95. The fourth-order valence-corrected chi connectivity index (χ4v) is 0.814. The molecule has 0 radical (unpaired) electrons. The molecule has 0 aromatic rings. The fourth-order valence-electron chi connectivity index (χ4n) is 0.814. The Balaban J connectivity index is 0.000000411. The van der Waals surface area contributed by atoms with Gasteiger partial charge in [0.05, 0.1) is 6.61 Å². The van der Waals surface area contributed by atoms with Gasteiger partial charge in [0, 0.05) is 17.6 Å². The molecule has 1 fully saturated rings. The first-order valence-electron chi connectivity index (χ1n) is 5.17. The van der Waals surface area contributed by atoms with Crippen LogP contribution in [-0.2, 0) is 23.9 Å². The zero-order chi connectivity index (χ0) is 14.3. The van der Waals surface area contributed by atoms with Crippen molar-refractivity contribution in [1.29, 1.82) is 0 Å². The normalized spacial score (nSPS) is 17.0. The number of rotatable bonds is 3. The molecule has 0 aromatic heterocycles. The maximum Gasteiger partial charge on any atom is 0.347 e. The highest BCUT2D eigenvalue weighted by Crippen LogP contribution is 2.11. The molecule has 0 aromatic carbocycles. The Morgan fingerprint density at radius 3 is 2.11 bits per heavy atom. The molecule has 1 unspecified atom stereocenters. The van der Waals surface area contributed by atoms with E-state index in [2.05, 4.69) is 17.9 Å². The van der Waals surface area contributed by atoms with Gasteiger partial charge in [0.2, 0.25) is 6.10 Å². The summed E-state index contributed by atoms with van der Waals surface area (Å²) < 4.78 is 9.37. The van der Waals surface area contributed by atoms with Crippen molar-refractivity contribution >= 4 is 17.9 Å². The molecule has 100 valence electrons. The van der Waals surface area contributed by atoms with Crippen molar-refractivity contribution in [3.8, 4) is 0 Å². The van der Waals surface area contributed by atoms with Crippen molar-refractivity contribution in [2.24, 2.45) is 0 Å². The number of carboxylic acid groups (broad SMARTS) is 1. The van der Waals surface area contributed by atoms with Crippen LogP contribution in [0.5, 0.6) is 0 Å². The quantitative estimate of drug-likeness (QED) is 0.600. The lowest BCUT2D eigenvalue weighted by atomic mass is 10.3. The van der Waals surface area contributed by atoms with Crippen LogP contribution in [-0.4, -0.2) is 35.7 Å². The topological polar surface area (TPSA) is 89.9 Å². The van der Waals surface area contributed by atoms with Crippen molar-refractivity contribution < 1.29 is 29.0 Å². The predicted molar refractivity (Wildman–Crippen MR) is 62.7 cm³/mol. The molecular formula is C12H16O6. The second-order valence-electron chi connectivity index (χ2n) is 3.72. The molecule has 0 saturated carbocycles. The molecule has 1 atom stereocenters. The first-order chi connectivity index (χ1) is 8.25. The van der Waals surface area contributed by atoms with E-state index in [0.29, 0.717) is 13.0 Å². The lowest BCUT2D eigenvalue weighted by Gasteiger charge is -2.06. The average Bonchev–Trinajstić information content (AvgIpc) is 2.65. The van der Waals surface area contributed by atoms with Crippen LogP contribution in [0.3, 0.4) is 0 Å². The summed E-state index contributed by atoms with van der Waals surface area (Å²) >= 11 is 0. The van der Waals surface area contributed by atoms with Crippen LogP contribution < -0.4 is 0 Å². The molecule has 6 nitrogen and oxygen atoms in total. The molecule has 18 heavy (non-hydrogen) atoms. The van der Waals surface area contributed by atoms with Gasteiger partial charge < -0.3 is 14.6 Å². The van der Waals surface area contributed by atoms with Crippen LogP contribution >= 0.6 is 0 Å². The van der Waals surface area contributed by atoms with Crippen LogP contribution in [0.2, 0.25) is 0 Å². The smallest absolute Gasteiger partial charge is 0.347 e. The molecule has 1 saturated heterocycles. The predicted octanol–water partition coefficient (Wildman–Crippen LogP) is 1.07. The summed E-state index contributed by atoms with van der Waals surface area (Å²) in [6.07, 6.45) is -0.285. The summed E-state index contributed by atoms with van der Waals surface area (Å²) in [7, 11) is 0. The van der Waals surface area contributed by atoms with Crippen molar-refractivity contribution in [1.82, 2.24) is 0 Å². The van der Waals surface area contributed by atoms with Gasteiger partial charge in [-0.2, -0.15) is 0 Å². The standard InChI is InChI=1S/C8H10O4.C4H6O2/c1-5(2)7(9)12-6-3-4-11-8(6)10;1-3(2)4(5)6/h6H,1,3-4H2,2H3;1H2,2H3,(H,5,6). The summed E-state index contributed by atoms with van der Waals surface area (Å²) in [4.78, 5) is 31.3. The number of aliphatic carboxylic acids is 1. The van der Waals surface area contributed by atoms with Crippen molar-refractivity contribution in [3.05, 3.63) is 24.3 Å². The van der Waals surface area contributed by atoms with Gasteiger partial charge in [0.1, 0.15) is 0 Å². The first-order valence-corrected chi connectivity index (χ1v) is 5.17. The largest absolute Gasteiger partial charge is 0.478 e. The molecule has 1 N–H and O–H groups in total. The molecule has 0 bridgehead atoms. The summed E-state index contributed by atoms with van der Waals surface area (Å²) in [5.41, 5.74) is 0.463. The number of carbonyl (C=O) groups is 3. The van der Waals surface area contributed by atoms with E-state index in [9.17, 15) is 14.4 Å². The molecule has 0 spiro atoms. The van der Waals surface area contributed by atoms with Gasteiger partial charge >= 0.3 is 17.9 Å². The van der Waals surface area contributed by atoms with Gasteiger partial charge in [0.25, 0.3) is 0 Å². The maximum atomic E-state index is 10.9. The van der Waals surface area contributed by atoms with E-state index in [1.54, 1.807) is 0 Å². The van der Waals surface area contributed by atoms with Crippen molar-refractivity contribution in [2.45, 2.75) is 26.4 Å². The minimum Gasteiger partial charge on any atom is -0.478 e. The SMILES string of the molecule is C=C(C)C(=O)O.C=C(C)C(=O)OC1CCOC1=O. The number of esters is 2. The molecule has 1 aliphatic rings. The average molecular weight is 256 g/mol. The van der Waals surface area contributed by atoms with Gasteiger partial charge in [-0.1, -0.05) is 13.2 Å². The van der Waals surface area contributed by atoms with Crippen LogP contribution in [0.25, 0.3) is 0 Å². The number of carboxylic acids is 1. The van der Waals surface area contributed by atoms with Crippen molar-refractivity contribution in [3.63, 3.8) is 0 Å². The molecule has 1 aliphatic heterocycles. The Labute approximate surface area is 105 Å². The Kier molecular flexibility index (Phi) is 6.41. The van der Waals surface area contributed by atoms with E-state index in [1.807, 2.05) is 0 Å². The van der Waals surface area contributed by atoms with E-state index < -0.39 is 24.0 Å². The van der Waals surface area contributed by atoms with Crippen molar-refractivity contribution in [2.75, 3.05) is 6.61 Å². The van der Waals surface area contributed by atoms with Crippen LogP contribution in [0.4, 0.5) is 0 Å². The first kappa shape index (κ1) is 15.9. The van der Waals surface area contributed by atoms with Gasteiger partial charge in [0.15, 0.2) is 0 Å². The Morgan fingerprint density at radius 2 is 1.83 bits per heavy atom. The highest BCUT2D eigenvalue weighted by Gasteiger charge is 2.30. The number of hydrogen-bond donors (Lipinski definition) is 1. The summed E-state index contributed by atoms with van der Waals surface area (Å²) in [6.45, 7) is 9.85. The zero-order valence-corrected chi connectivity index (χ0v) is 10.4. The van der Waals surface area contributed by atoms with E-state index in [1.165, 1.54) is 13.8 Å². The molecule has 6 heteroatoms. The second kappa shape index (κ2) is 7.26. The van der Waals surface area contributed by atoms with Gasteiger partial charge in [-0.05, 0) is 13.8 Å². The highest BCUT2D eigenvalue weighted by molar-refractivity contribution is 5.89. The van der Waals surface area contributed by atoms with Gasteiger partial charge in [-0.3, -0.25) is 0 Å². The van der Waals surface area contributed by atoms with Crippen LogP contribution in [0.15, 0.2) is 24.3 Å². The third-order valence-electron chi connectivity index (χ3n) is 1.85. The maximum absolute atomic E-state index is 10.9. The second-order valence-corrected chi connectivity index (χ2v) is 3.72. The fraction of sp³-hybridized carbons (Fsp3) is 0.417. The monoisotopic (exact) mass is 256 g/mol. The molecule has 0 amide bonds. The third kappa shape index (κ3) is 5.83. The Bertz CT molecular complexity index is 370. The zero-order valence-electron chi connectivity index (χ0n) is 10.4. The molecule has 0 aliphatic carbocycles. The Hall–Kier alpha value is -2.11. The van der Waals surface area contributed by atoms with Crippen LogP contribution in [0, 0.1) is 0 Å². The van der Waals surface area contributed by atoms with E-state index >= 15 is 0 Å². The number of cyclic esters (lactones) is 1. The van der Waals surface area contributed by atoms with Gasteiger partial charge in [-0.25, -0.2) is 14.4 Å². The Morgan fingerprint density at radius 1 is 1.33 bits per heavy atom. The third-order valence-corrected chi connectivity index (χ3v) is 1.85. The van der Waals surface area contributed by atoms with Gasteiger partial charge in [-0.15, -0.1) is 0 Å². The number of ether oxygens (including phenoxy) is 2. The van der Waals surface area contributed by atoms with E-state index in [0.717, 1.165) is 0 Å². The number of hydrogen-bond acceptors (Lipinski definition) is 5. The summed E-state index contributed by atoms with van der Waals surface area (Å²) in [6, 6.07) is 0. The lowest BCUT2D eigenvalue weighted by Crippen LogP contribution is -2.22. The molecule has 1 heterocycles. The minimum atomic E-state index is -0.935. The molecule has 1 rings (SSSR count). The highest BCUT2D eigenvalue weighted by atomic mass is 16.6. The van der Waals surface area contributed by atoms with Crippen LogP contribution in [0.1, 0.15) is 20.3 Å². The van der Waals surface area contributed by atoms with E-state index in [-0.39, 0.29) is 11.1 Å². The number of carbonyl (C=O) groups excluding carboxylic acids is 2. The lowest BCUT2D eigenvalue weighted by molar-refractivity contribution is -0.157. The summed E-state index contributed by atoms with van der Waals surface area (Å²) in [5, 5.41) is 7.89.